The van der Waals surface area contributed by atoms with E-state index in [9.17, 15) is 0 Å². The van der Waals surface area contributed by atoms with E-state index in [1.54, 1.807) is 10.7 Å². The topological polar surface area (TPSA) is 93.2 Å². The molecule has 1 aromatic carbocycles. The van der Waals surface area contributed by atoms with Crippen molar-refractivity contribution in [1.29, 1.82) is 0 Å². The van der Waals surface area contributed by atoms with Crippen LogP contribution in [-0.4, -0.2) is 45.7 Å². The number of anilines is 1. The third-order valence-electron chi connectivity index (χ3n) is 5.32. The van der Waals surface area contributed by atoms with Crippen LogP contribution in [0.5, 0.6) is 0 Å². The first-order valence-electron chi connectivity index (χ1n) is 9.72. The number of rotatable bonds is 5. The third kappa shape index (κ3) is 3.61. The molecule has 4 heterocycles. The van der Waals surface area contributed by atoms with Gasteiger partial charge >= 0.3 is 0 Å². The molecule has 5 rings (SSSR count). The van der Waals surface area contributed by atoms with Crippen molar-refractivity contribution in [3.8, 4) is 11.4 Å². The van der Waals surface area contributed by atoms with E-state index in [4.69, 9.17) is 17.4 Å². The zero-order valence-electron chi connectivity index (χ0n) is 15.9. The van der Waals surface area contributed by atoms with Gasteiger partial charge in [-0.1, -0.05) is 29.4 Å². The zero-order valence-corrected chi connectivity index (χ0v) is 15.9. The molecule has 0 aliphatic carbocycles. The van der Waals surface area contributed by atoms with Crippen molar-refractivity contribution in [3.63, 3.8) is 0 Å². The summed E-state index contributed by atoms with van der Waals surface area (Å²) < 4.78 is 6.58. The van der Waals surface area contributed by atoms with Crippen LogP contribution in [0.15, 0.2) is 47.4 Å². The molecule has 1 aliphatic rings. The average molecular weight is 385 g/mol. The van der Waals surface area contributed by atoms with Gasteiger partial charge in [-0.2, -0.15) is 14.6 Å². The zero-order chi connectivity index (χ0) is 19.6. The molecular weight excluding hydrogens is 365 g/mol. The van der Waals surface area contributed by atoms with Crippen LogP contribution in [0.1, 0.15) is 30.0 Å². The Morgan fingerprint density at radius 2 is 2.03 bits per heavy atom. The van der Waals surface area contributed by atoms with Gasteiger partial charge in [-0.05, 0) is 37.0 Å². The lowest BCUT2D eigenvalue weighted by Crippen LogP contribution is -2.27. The van der Waals surface area contributed by atoms with E-state index in [1.807, 2.05) is 24.3 Å². The number of nitrogens with one attached hydrogen (secondary N) is 2. The van der Waals surface area contributed by atoms with Crippen LogP contribution in [0, 0.1) is 0 Å². The second kappa shape index (κ2) is 7.67. The minimum atomic E-state index is 0.436. The highest BCUT2D eigenvalue weighted by atomic mass is 16.5. The molecule has 2 N–H and O–H groups in total. The average Bonchev–Trinajstić information content (AvgIpc) is 3.44. The van der Waals surface area contributed by atoms with Crippen molar-refractivity contribution in [2.75, 3.05) is 18.4 Å². The first kappa shape index (κ1) is 17.9. The molecule has 8 nitrogen and oxygen atoms in total. The van der Waals surface area contributed by atoms with Gasteiger partial charge in [0.15, 0.2) is 0 Å². The van der Waals surface area contributed by atoms with Crippen LogP contribution in [0.25, 0.3) is 17.0 Å². The summed E-state index contributed by atoms with van der Waals surface area (Å²) in [5, 5.41) is 15.1. The molecule has 1 aliphatic heterocycles. The van der Waals surface area contributed by atoms with Crippen molar-refractivity contribution in [2.45, 2.75) is 25.3 Å². The molecule has 0 spiro atoms. The largest absolute Gasteiger partial charge is 0.366 e. The number of aromatic nitrogens is 5. The van der Waals surface area contributed by atoms with Gasteiger partial charge in [0.25, 0.3) is 0 Å². The molecule has 144 valence electrons. The van der Waals surface area contributed by atoms with E-state index in [-0.39, 0.29) is 0 Å². The normalized spacial score (nSPS) is 15.0. The Balaban J connectivity index is 1.39. The number of benzene rings is 1. The molecule has 1 saturated heterocycles. The Labute approximate surface area is 169 Å². The lowest BCUT2D eigenvalue weighted by atomic mass is 9.94. The van der Waals surface area contributed by atoms with Crippen molar-refractivity contribution in [1.82, 2.24) is 30.1 Å². The van der Waals surface area contributed by atoms with Crippen LogP contribution >= 0.6 is 0 Å². The van der Waals surface area contributed by atoms with Gasteiger partial charge < -0.3 is 15.2 Å². The molecule has 0 bridgehead atoms. The maximum absolute atomic E-state index is 6.11. The number of piperidine rings is 1. The van der Waals surface area contributed by atoms with Gasteiger partial charge in [0.1, 0.15) is 19.3 Å². The molecule has 0 atom stereocenters. The summed E-state index contributed by atoms with van der Waals surface area (Å²) in [6.45, 7) is 2.68. The molecular formula is C20H20BN7O. The van der Waals surface area contributed by atoms with Gasteiger partial charge in [0.05, 0.1) is 0 Å². The minimum Gasteiger partial charge on any atom is -0.366 e. The Bertz CT molecular complexity index is 1100. The van der Waals surface area contributed by atoms with Gasteiger partial charge in [-0.3, -0.25) is 0 Å². The SMILES string of the molecule is [B]c1cnn2c(NCc3ccc(-c4ncon4)cc3)cc(C3CCNCC3)nc12. The lowest BCUT2D eigenvalue weighted by molar-refractivity contribution is 0.419. The summed E-state index contributed by atoms with van der Waals surface area (Å²) >= 11 is 0. The Morgan fingerprint density at radius 1 is 1.21 bits per heavy atom. The maximum Gasteiger partial charge on any atom is 0.214 e. The van der Waals surface area contributed by atoms with Gasteiger partial charge in [-0.15, -0.1) is 0 Å². The van der Waals surface area contributed by atoms with Crippen LogP contribution in [0.4, 0.5) is 5.82 Å². The summed E-state index contributed by atoms with van der Waals surface area (Å²) in [4.78, 5) is 8.87. The van der Waals surface area contributed by atoms with E-state index in [0.717, 1.165) is 48.6 Å². The molecule has 3 aromatic heterocycles. The van der Waals surface area contributed by atoms with Crippen molar-refractivity contribution < 1.29 is 4.52 Å². The molecule has 0 amide bonds. The van der Waals surface area contributed by atoms with Gasteiger partial charge in [-0.25, -0.2) is 4.98 Å². The molecule has 0 unspecified atom stereocenters. The number of nitrogens with zero attached hydrogens (tertiary/aromatic N) is 5. The standard InChI is InChI=1S/C20H20BN7O/c21-16-11-25-28-18(9-17(26-20(16)28)14-5-7-22-8-6-14)23-10-13-1-3-15(4-2-13)19-24-12-29-27-19/h1-4,9,11-12,14,22-23H,5-8,10H2. The molecule has 29 heavy (non-hydrogen) atoms. The van der Waals surface area contributed by atoms with Crippen molar-refractivity contribution in [3.05, 3.63) is 54.2 Å². The molecule has 9 heteroatoms. The van der Waals surface area contributed by atoms with Gasteiger partial charge in [0, 0.05) is 36.0 Å². The van der Waals surface area contributed by atoms with Gasteiger partial charge in [0.2, 0.25) is 12.2 Å². The Morgan fingerprint density at radius 3 is 2.79 bits per heavy atom. The highest BCUT2D eigenvalue weighted by Gasteiger charge is 2.19. The Hall–Kier alpha value is -3.20. The first-order chi connectivity index (χ1) is 14.3. The third-order valence-corrected chi connectivity index (χ3v) is 5.32. The summed E-state index contributed by atoms with van der Waals surface area (Å²) in [5.74, 6) is 1.91. The van der Waals surface area contributed by atoms with Crippen LogP contribution in [0.2, 0.25) is 0 Å². The van der Waals surface area contributed by atoms with E-state index >= 15 is 0 Å². The quantitative estimate of drug-likeness (QED) is 0.505. The van der Waals surface area contributed by atoms with Crippen LogP contribution in [0.3, 0.4) is 0 Å². The first-order valence-corrected chi connectivity index (χ1v) is 9.72. The monoisotopic (exact) mass is 385 g/mol. The number of hydrogen-bond acceptors (Lipinski definition) is 7. The van der Waals surface area contributed by atoms with E-state index in [2.05, 4.69) is 31.9 Å². The van der Waals surface area contributed by atoms with Crippen LogP contribution in [-0.2, 0) is 6.54 Å². The summed E-state index contributed by atoms with van der Waals surface area (Å²) in [6.07, 6.45) is 5.14. The fourth-order valence-electron chi connectivity index (χ4n) is 3.71. The minimum absolute atomic E-state index is 0.436. The fraction of sp³-hybridized carbons (Fsp3) is 0.300. The van der Waals surface area contributed by atoms with E-state index in [0.29, 0.717) is 29.4 Å². The van der Waals surface area contributed by atoms with E-state index in [1.165, 1.54) is 6.39 Å². The van der Waals surface area contributed by atoms with Crippen molar-refractivity contribution in [2.24, 2.45) is 0 Å². The molecule has 0 saturated carbocycles. The second-order valence-electron chi connectivity index (χ2n) is 7.23. The maximum atomic E-state index is 6.11. The van der Waals surface area contributed by atoms with Crippen molar-refractivity contribution >= 4 is 24.8 Å². The lowest BCUT2D eigenvalue weighted by Gasteiger charge is -2.23. The predicted octanol–water partition coefficient (Wildman–Crippen LogP) is 1.65. The smallest absolute Gasteiger partial charge is 0.214 e. The highest BCUT2D eigenvalue weighted by molar-refractivity contribution is 6.36. The molecule has 1 fully saturated rings. The highest BCUT2D eigenvalue weighted by Crippen LogP contribution is 2.26. The Kier molecular flexibility index (Phi) is 4.73. The van der Waals surface area contributed by atoms with E-state index < -0.39 is 0 Å². The summed E-state index contributed by atoms with van der Waals surface area (Å²) in [5.41, 5.74) is 4.41. The van der Waals surface area contributed by atoms with Crippen LogP contribution < -0.4 is 16.1 Å². The summed E-state index contributed by atoms with van der Waals surface area (Å²) in [7, 11) is 6.11. The fourth-order valence-corrected chi connectivity index (χ4v) is 3.71. The number of hydrogen-bond donors (Lipinski definition) is 2. The molecule has 2 radical (unpaired) electrons. The number of fused-ring (bicyclic) bond motifs is 1. The summed E-state index contributed by atoms with van der Waals surface area (Å²) in [6, 6.07) is 10.2. The molecule has 4 aromatic rings. The second-order valence-corrected chi connectivity index (χ2v) is 7.23. The predicted molar refractivity (Wildman–Crippen MR) is 110 cm³/mol.